The van der Waals surface area contributed by atoms with Gasteiger partial charge in [0.05, 0.1) is 11.4 Å². The average Bonchev–Trinajstić information content (AvgIpc) is 2.15. The van der Waals surface area contributed by atoms with Gasteiger partial charge in [-0.15, -0.1) is 0 Å². The molecule has 13 heavy (non-hydrogen) atoms. The summed E-state index contributed by atoms with van der Waals surface area (Å²) < 4.78 is 0. The predicted molar refractivity (Wildman–Crippen MR) is 58.4 cm³/mol. The van der Waals surface area contributed by atoms with Crippen LogP contribution in [-0.2, 0) is 0 Å². The van der Waals surface area contributed by atoms with Crippen molar-refractivity contribution in [2.24, 2.45) is 15.9 Å². The smallest absolute Gasteiger partial charge is 0.0614 e. The Morgan fingerprint density at radius 1 is 1.23 bits per heavy atom. The third-order valence-electron chi connectivity index (χ3n) is 2.13. The van der Waals surface area contributed by atoms with Gasteiger partial charge in [-0.25, -0.2) is 0 Å². The SMILES string of the molecule is C=NC1=C(N=CC(C)C)CCCC1. The minimum Gasteiger partial charge on any atom is -0.267 e. The summed E-state index contributed by atoms with van der Waals surface area (Å²) in [6.45, 7) is 7.85. The lowest BCUT2D eigenvalue weighted by Crippen LogP contribution is -1.98. The van der Waals surface area contributed by atoms with Gasteiger partial charge in [0.25, 0.3) is 0 Å². The Bertz CT molecular complexity index is 236. The Hall–Kier alpha value is -0.920. The minimum atomic E-state index is 0.514. The molecule has 0 fully saturated rings. The first kappa shape index (κ1) is 10.2. The summed E-state index contributed by atoms with van der Waals surface area (Å²) in [5, 5.41) is 0. The molecule has 0 N–H and O–H groups in total. The highest BCUT2D eigenvalue weighted by molar-refractivity contribution is 5.61. The lowest BCUT2D eigenvalue weighted by Gasteiger charge is -2.13. The van der Waals surface area contributed by atoms with Crippen LogP contribution in [0.5, 0.6) is 0 Å². The third-order valence-corrected chi connectivity index (χ3v) is 2.13. The molecule has 0 spiro atoms. The molecule has 0 amide bonds. The molecular weight excluding hydrogens is 160 g/mol. The molecule has 0 saturated carbocycles. The highest BCUT2D eigenvalue weighted by Crippen LogP contribution is 2.25. The van der Waals surface area contributed by atoms with E-state index in [0.29, 0.717) is 5.92 Å². The zero-order valence-corrected chi connectivity index (χ0v) is 8.58. The molecule has 0 atom stereocenters. The van der Waals surface area contributed by atoms with Crippen molar-refractivity contribution < 1.29 is 0 Å². The van der Waals surface area contributed by atoms with E-state index in [-0.39, 0.29) is 0 Å². The van der Waals surface area contributed by atoms with E-state index in [1.807, 2.05) is 6.21 Å². The molecule has 0 aromatic heterocycles. The van der Waals surface area contributed by atoms with Gasteiger partial charge >= 0.3 is 0 Å². The van der Waals surface area contributed by atoms with Crippen LogP contribution in [0.4, 0.5) is 0 Å². The van der Waals surface area contributed by atoms with Gasteiger partial charge in [-0.2, -0.15) is 0 Å². The molecule has 2 nitrogen and oxygen atoms in total. The number of hydrogen-bond acceptors (Lipinski definition) is 2. The maximum absolute atomic E-state index is 4.46. The summed E-state index contributed by atoms with van der Waals surface area (Å²) in [6, 6.07) is 0. The van der Waals surface area contributed by atoms with Gasteiger partial charge in [-0.05, 0) is 38.3 Å². The normalized spacial score (nSPS) is 18.7. The maximum atomic E-state index is 4.46. The van der Waals surface area contributed by atoms with Crippen molar-refractivity contribution in [3.63, 3.8) is 0 Å². The largest absolute Gasteiger partial charge is 0.267 e. The van der Waals surface area contributed by atoms with E-state index < -0.39 is 0 Å². The Morgan fingerprint density at radius 3 is 2.38 bits per heavy atom. The topological polar surface area (TPSA) is 24.7 Å². The quantitative estimate of drug-likeness (QED) is 0.593. The molecule has 0 saturated heterocycles. The van der Waals surface area contributed by atoms with E-state index in [2.05, 4.69) is 30.5 Å². The first-order valence-electron chi connectivity index (χ1n) is 4.97. The van der Waals surface area contributed by atoms with Crippen LogP contribution in [0.1, 0.15) is 39.5 Å². The van der Waals surface area contributed by atoms with E-state index in [1.165, 1.54) is 12.8 Å². The molecule has 0 aromatic rings. The van der Waals surface area contributed by atoms with Crippen molar-refractivity contribution in [3.8, 4) is 0 Å². The zero-order chi connectivity index (χ0) is 9.68. The van der Waals surface area contributed by atoms with Crippen LogP contribution >= 0.6 is 0 Å². The number of allylic oxidation sites excluding steroid dienone is 2. The second-order valence-corrected chi connectivity index (χ2v) is 3.78. The van der Waals surface area contributed by atoms with Crippen LogP contribution in [0.25, 0.3) is 0 Å². The molecule has 1 rings (SSSR count). The van der Waals surface area contributed by atoms with Gasteiger partial charge in [-0.1, -0.05) is 13.8 Å². The molecule has 1 aliphatic rings. The lowest BCUT2D eigenvalue weighted by molar-refractivity contribution is 0.662. The Balaban J connectivity index is 2.73. The van der Waals surface area contributed by atoms with Crippen LogP contribution in [0, 0.1) is 5.92 Å². The molecule has 0 unspecified atom stereocenters. The van der Waals surface area contributed by atoms with Crippen LogP contribution in [0.2, 0.25) is 0 Å². The van der Waals surface area contributed by atoms with Crippen LogP contribution < -0.4 is 0 Å². The van der Waals surface area contributed by atoms with Crippen LogP contribution in [0.15, 0.2) is 21.4 Å². The van der Waals surface area contributed by atoms with Crippen molar-refractivity contribution in [1.82, 2.24) is 0 Å². The van der Waals surface area contributed by atoms with Crippen LogP contribution in [0.3, 0.4) is 0 Å². The number of nitrogens with zero attached hydrogens (tertiary/aromatic N) is 2. The third kappa shape index (κ3) is 3.13. The van der Waals surface area contributed by atoms with Gasteiger partial charge in [0.15, 0.2) is 0 Å². The molecular formula is C11H18N2. The van der Waals surface area contributed by atoms with Gasteiger partial charge in [0, 0.05) is 6.21 Å². The van der Waals surface area contributed by atoms with E-state index >= 15 is 0 Å². The standard InChI is InChI=1S/C11H18N2/c1-9(2)8-13-11-7-5-4-6-10(11)12-3/h8-9H,3-7H2,1-2H3. The lowest BCUT2D eigenvalue weighted by atomic mass is 10.0. The fourth-order valence-corrected chi connectivity index (χ4v) is 1.42. The summed E-state index contributed by atoms with van der Waals surface area (Å²) >= 11 is 0. The van der Waals surface area contributed by atoms with Gasteiger partial charge in [0.2, 0.25) is 0 Å². The van der Waals surface area contributed by atoms with E-state index in [4.69, 9.17) is 0 Å². The average molecular weight is 178 g/mol. The summed E-state index contributed by atoms with van der Waals surface area (Å²) in [6.07, 6.45) is 6.58. The van der Waals surface area contributed by atoms with Crippen LogP contribution in [-0.4, -0.2) is 12.9 Å². The van der Waals surface area contributed by atoms with E-state index in [0.717, 1.165) is 24.2 Å². The van der Waals surface area contributed by atoms with Crippen molar-refractivity contribution in [2.75, 3.05) is 0 Å². The van der Waals surface area contributed by atoms with Gasteiger partial charge in [-0.3, -0.25) is 9.98 Å². The van der Waals surface area contributed by atoms with Gasteiger partial charge < -0.3 is 0 Å². The predicted octanol–water partition coefficient (Wildman–Crippen LogP) is 3.20. The second-order valence-electron chi connectivity index (χ2n) is 3.78. The molecule has 1 aliphatic carbocycles. The first-order valence-corrected chi connectivity index (χ1v) is 4.97. The molecule has 72 valence electrons. The Labute approximate surface area is 80.5 Å². The summed E-state index contributed by atoms with van der Waals surface area (Å²) in [4.78, 5) is 8.48. The highest BCUT2D eigenvalue weighted by Gasteiger charge is 2.09. The van der Waals surface area contributed by atoms with Crippen molar-refractivity contribution in [2.45, 2.75) is 39.5 Å². The summed E-state index contributed by atoms with van der Waals surface area (Å²) in [5.74, 6) is 0.514. The Kier molecular flexibility index (Phi) is 3.87. The first-order chi connectivity index (χ1) is 6.24. The summed E-state index contributed by atoms with van der Waals surface area (Å²) in [7, 11) is 0. The number of aliphatic imine (C=N–C) groups is 2. The minimum absolute atomic E-state index is 0.514. The molecule has 0 aromatic carbocycles. The molecule has 0 bridgehead atoms. The maximum Gasteiger partial charge on any atom is 0.0614 e. The number of rotatable bonds is 3. The number of hydrogen-bond donors (Lipinski definition) is 0. The fraction of sp³-hybridized carbons (Fsp3) is 0.636. The fourth-order valence-electron chi connectivity index (χ4n) is 1.42. The Morgan fingerprint density at radius 2 is 1.85 bits per heavy atom. The summed E-state index contributed by atoms with van der Waals surface area (Å²) in [5.41, 5.74) is 2.25. The molecule has 0 aliphatic heterocycles. The van der Waals surface area contributed by atoms with Gasteiger partial charge in [0.1, 0.15) is 0 Å². The molecule has 0 radical (unpaired) electrons. The van der Waals surface area contributed by atoms with E-state index in [1.54, 1.807) is 0 Å². The molecule has 2 heteroatoms. The second kappa shape index (κ2) is 4.95. The van der Waals surface area contributed by atoms with E-state index in [9.17, 15) is 0 Å². The van der Waals surface area contributed by atoms with Crippen molar-refractivity contribution in [3.05, 3.63) is 11.4 Å². The highest BCUT2D eigenvalue weighted by atomic mass is 14.8. The van der Waals surface area contributed by atoms with Crippen molar-refractivity contribution >= 4 is 12.9 Å². The zero-order valence-electron chi connectivity index (χ0n) is 8.58. The molecule has 0 heterocycles. The monoisotopic (exact) mass is 178 g/mol. The van der Waals surface area contributed by atoms with Crippen molar-refractivity contribution in [1.29, 1.82) is 0 Å².